The van der Waals surface area contributed by atoms with Gasteiger partial charge in [-0.1, -0.05) is 26.0 Å². The van der Waals surface area contributed by atoms with Gasteiger partial charge >= 0.3 is 0 Å². The molecule has 2 aromatic heterocycles. The molecule has 38 heavy (non-hydrogen) atoms. The molecule has 6 rings (SSSR count). The molecule has 0 aliphatic carbocycles. The van der Waals surface area contributed by atoms with Crippen LogP contribution in [0.3, 0.4) is 0 Å². The SMILES string of the molecule is CC(C)[C@@H](CO)NC[C@H]1CCN(c2ccc3c(c2)Cn2cc(-c4ccc(C#N)cc4)cc2-c2nccn2-3)C1. The molecule has 0 saturated carbocycles. The van der Waals surface area contributed by atoms with Crippen LogP contribution in [0.2, 0.25) is 0 Å². The largest absolute Gasteiger partial charge is 0.395 e. The number of benzene rings is 2. The molecule has 0 spiro atoms. The summed E-state index contributed by atoms with van der Waals surface area (Å²) < 4.78 is 4.48. The lowest BCUT2D eigenvalue weighted by Gasteiger charge is -2.23. The summed E-state index contributed by atoms with van der Waals surface area (Å²) in [5.74, 6) is 1.94. The van der Waals surface area contributed by atoms with Gasteiger partial charge in [0.25, 0.3) is 0 Å². The molecular formula is C31H34N6O. The molecule has 0 bridgehead atoms. The topological polar surface area (TPSA) is 82.0 Å². The highest BCUT2D eigenvalue weighted by molar-refractivity contribution is 5.72. The maximum Gasteiger partial charge on any atom is 0.161 e. The monoisotopic (exact) mass is 506 g/mol. The Kier molecular flexibility index (Phi) is 6.52. The van der Waals surface area contributed by atoms with Crippen LogP contribution < -0.4 is 10.2 Å². The minimum absolute atomic E-state index is 0.158. The minimum Gasteiger partial charge on any atom is -0.395 e. The molecule has 2 N–H and O–H groups in total. The molecule has 4 aromatic rings. The van der Waals surface area contributed by atoms with Crippen molar-refractivity contribution in [3.8, 4) is 34.4 Å². The molecule has 0 unspecified atom stereocenters. The fourth-order valence-corrected chi connectivity index (χ4v) is 5.79. The Morgan fingerprint density at radius 1 is 1.13 bits per heavy atom. The summed E-state index contributed by atoms with van der Waals surface area (Å²) in [6.45, 7) is 8.26. The van der Waals surface area contributed by atoms with Crippen LogP contribution in [0.25, 0.3) is 28.3 Å². The smallest absolute Gasteiger partial charge is 0.161 e. The third-order valence-electron chi connectivity index (χ3n) is 8.10. The van der Waals surface area contributed by atoms with Crippen molar-refractivity contribution >= 4 is 5.69 Å². The zero-order chi connectivity index (χ0) is 26.2. The molecule has 4 heterocycles. The first-order valence-electron chi connectivity index (χ1n) is 13.5. The third-order valence-corrected chi connectivity index (χ3v) is 8.10. The van der Waals surface area contributed by atoms with Gasteiger partial charge < -0.3 is 19.9 Å². The second-order valence-corrected chi connectivity index (χ2v) is 10.9. The normalized spacial score (nSPS) is 17.0. The van der Waals surface area contributed by atoms with E-state index in [1.807, 2.05) is 36.7 Å². The van der Waals surface area contributed by atoms with Gasteiger partial charge in [0.2, 0.25) is 0 Å². The first kappa shape index (κ1) is 24.5. The molecule has 7 nitrogen and oxygen atoms in total. The average Bonchev–Trinajstić information content (AvgIpc) is 3.68. The van der Waals surface area contributed by atoms with E-state index in [2.05, 4.69) is 69.7 Å². The Bertz CT molecular complexity index is 1480. The third kappa shape index (κ3) is 4.51. The second kappa shape index (κ2) is 10.1. The van der Waals surface area contributed by atoms with Crippen LogP contribution in [0.5, 0.6) is 0 Å². The number of aliphatic hydroxyl groups excluding tert-OH is 1. The summed E-state index contributed by atoms with van der Waals surface area (Å²) >= 11 is 0. The van der Waals surface area contributed by atoms with Crippen molar-refractivity contribution < 1.29 is 5.11 Å². The van der Waals surface area contributed by atoms with E-state index in [1.54, 1.807) is 0 Å². The van der Waals surface area contributed by atoms with Crippen molar-refractivity contribution in [3.05, 3.63) is 78.2 Å². The van der Waals surface area contributed by atoms with Crippen LogP contribution in [0.1, 0.15) is 31.4 Å². The Morgan fingerprint density at radius 2 is 1.97 bits per heavy atom. The van der Waals surface area contributed by atoms with Gasteiger partial charge in [-0.25, -0.2) is 4.98 Å². The molecule has 1 fully saturated rings. The lowest BCUT2D eigenvalue weighted by molar-refractivity contribution is 0.206. The van der Waals surface area contributed by atoms with Gasteiger partial charge in [0.1, 0.15) is 0 Å². The van der Waals surface area contributed by atoms with Gasteiger partial charge in [-0.15, -0.1) is 0 Å². The van der Waals surface area contributed by atoms with E-state index in [9.17, 15) is 5.11 Å². The van der Waals surface area contributed by atoms with Gasteiger partial charge in [0.05, 0.1) is 29.6 Å². The lowest BCUT2D eigenvalue weighted by atomic mass is 10.0. The standard InChI is InChI=1S/C31H34N6O/c1-21(2)28(20-38)34-16-23-9-11-35(17-23)27-7-8-29-26(13-27)19-36-18-25(24-5-3-22(15-32)4-6-24)14-30(36)31-33-10-12-37(29)31/h3-8,10,12-14,18,21,23,28,34,38H,9,11,16-17,19-20H2,1-2H3/t23-,28-/m1/s1. The van der Waals surface area contributed by atoms with Crippen molar-refractivity contribution in [1.29, 1.82) is 5.26 Å². The van der Waals surface area contributed by atoms with Crippen LogP contribution in [-0.2, 0) is 6.54 Å². The van der Waals surface area contributed by atoms with Crippen LogP contribution in [0.15, 0.2) is 67.1 Å². The number of rotatable bonds is 7. The highest BCUT2D eigenvalue weighted by Gasteiger charge is 2.26. The Labute approximate surface area is 224 Å². The van der Waals surface area contributed by atoms with Crippen LogP contribution in [0, 0.1) is 23.2 Å². The molecule has 2 aliphatic rings. The number of aliphatic hydroxyl groups is 1. The quantitative estimate of drug-likeness (QED) is 0.335. The maximum absolute atomic E-state index is 9.65. The van der Waals surface area contributed by atoms with E-state index in [4.69, 9.17) is 10.2 Å². The van der Waals surface area contributed by atoms with E-state index < -0.39 is 0 Å². The molecule has 1 saturated heterocycles. The molecule has 7 heteroatoms. The molecule has 2 aromatic carbocycles. The summed E-state index contributed by atoms with van der Waals surface area (Å²) in [6, 6.07) is 19.1. The molecule has 2 aliphatic heterocycles. The summed E-state index contributed by atoms with van der Waals surface area (Å²) in [5.41, 5.74) is 7.67. The fraction of sp³-hybridized carbons (Fsp3) is 0.355. The summed E-state index contributed by atoms with van der Waals surface area (Å²) in [4.78, 5) is 7.21. The number of hydrogen-bond acceptors (Lipinski definition) is 5. The number of anilines is 1. The molecular weight excluding hydrogens is 472 g/mol. The minimum atomic E-state index is 0.158. The van der Waals surface area contributed by atoms with Crippen molar-refractivity contribution in [2.45, 2.75) is 32.9 Å². The van der Waals surface area contributed by atoms with Gasteiger partial charge in [-0.3, -0.25) is 4.57 Å². The Hall–Kier alpha value is -3.86. The van der Waals surface area contributed by atoms with Gasteiger partial charge in [-0.2, -0.15) is 5.26 Å². The summed E-state index contributed by atoms with van der Waals surface area (Å²) in [5, 5.41) is 22.4. The molecule has 194 valence electrons. The predicted octanol–water partition coefficient (Wildman–Crippen LogP) is 4.67. The number of fused-ring (bicyclic) bond motifs is 5. The highest BCUT2D eigenvalue weighted by atomic mass is 16.3. The number of hydrogen-bond donors (Lipinski definition) is 2. The Morgan fingerprint density at radius 3 is 2.74 bits per heavy atom. The molecule has 0 radical (unpaired) electrons. The maximum atomic E-state index is 9.65. The predicted molar refractivity (Wildman–Crippen MR) is 150 cm³/mol. The van der Waals surface area contributed by atoms with E-state index in [-0.39, 0.29) is 12.6 Å². The van der Waals surface area contributed by atoms with Gasteiger partial charge in [-0.05, 0) is 65.8 Å². The first-order chi connectivity index (χ1) is 18.5. The van der Waals surface area contributed by atoms with Crippen LogP contribution >= 0.6 is 0 Å². The summed E-state index contributed by atoms with van der Waals surface area (Å²) in [7, 11) is 0. The number of nitriles is 1. The van der Waals surface area contributed by atoms with Gasteiger partial charge in [0, 0.05) is 62.1 Å². The van der Waals surface area contributed by atoms with E-state index in [0.29, 0.717) is 17.4 Å². The van der Waals surface area contributed by atoms with Gasteiger partial charge in [0.15, 0.2) is 5.82 Å². The Balaban J connectivity index is 1.26. The molecule has 0 amide bonds. The highest BCUT2D eigenvalue weighted by Crippen LogP contribution is 2.36. The van der Waals surface area contributed by atoms with Crippen molar-refractivity contribution in [2.75, 3.05) is 31.1 Å². The van der Waals surface area contributed by atoms with E-state index in [0.717, 1.165) is 55.2 Å². The fourth-order valence-electron chi connectivity index (χ4n) is 5.79. The first-order valence-corrected chi connectivity index (χ1v) is 13.5. The van der Waals surface area contributed by atoms with E-state index in [1.165, 1.54) is 16.9 Å². The van der Waals surface area contributed by atoms with Crippen molar-refractivity contribution in [3.63, 3.8) is 0 Å². The zero-order valence-corrected chi connectivity index (χ0v) is 22.0. The average molecular weight is 507 g/mol. The van der Waals surface area contributed by atoms with Crippen LogP contribution in [0.4, 0.5) is 5.69 Å². The van der Waals surface area contributed by atoms with Crippen LogP contribution in [-0.4, -0.2) is 51.5 Å². The number of imidazole rings is 1. The molecule has 2 atom stereocenters. The number of nitrogens with one attached hydrogen (secondary N) is 1. The lowest BCUT2D eigenvalue weighted by Crippen LogP contribution is -2.40. The van der Waals surface area contributed by atoms with Crippen molar-refractivity contribution in [2.24, 2.45) is 11.8 Å². The zero-order valence-electron chi connectivity index (χ0n) is 22.0. The second-order valence-electron chi connectivity index (χ2n) is 10.9. The number of nitrogens with zero attached hydrogens (tertiary/aromatic N) is 5. The van der Waals surface area contributed by atoms with E-state index >= 15 is 0 Å². The summed E-state index contributed by atoms with van der Waals surface area (Å²) in [6.07, 6.45) is 7.26. The van der Waals surface area contributed by atoms with Crippen molar-refractivity contribution in [1.82, 2.24) is 19.4 Å². The number of aromatic nitrogens is 3.